The van der Waals surface area contributed by atoms with Gasteiger partial charge in [0.25, 0.3) is 5.91 Å². The highest BCUT2D eigenvalue weighted by Crippen LogP contribution is 2.24. The third kappa shape index (κ3) is 5.94. The number of benzene rings is 2. The van der Waals surface area contributed by atoms with Crippen molar-refractivity contribution in [1.82, 2.24) is 0 Å². The van der Waals surface area contributed by atoms with Crippen molar-refractivity contribution in [2.75, 3.05) is 11.9 Å². The van der Waals surface area contributed by atoms with Gasteiger partial charge >= 0.3 is 5.97 Å². The van der Waals surface area contributed by atoms with Crippen LogP contribution in [0.4, 0.5) is 5.69 Å². The van der Waals surface area contributed by atoms with Gasteiger partial charge in [-0.25, -0.2) is 0 Å². The molecule has 2 aromatic carbocycles. The van der Waals surface area contributed by atoms with Crippen LogP contribution in [0, 0.1) is 0 Å². The lowest BCUT2D eigenvalue weighted by Gasteiger charge is -2.14. The summed E-state index contributed by atoms with van der Waals surface area (Å²) in [5, 5.41) is 2.44. The summed E-state index contributed by atoms with van der Waals surface area (Å²) in [6.45, 7) is 5.61. The number of thioether (sulfide) groups is 1. The van der Waals surface area contributed by atoms with E-state index in [2.05, 4.69) is 19.2 Å². The third-order valence-electron chi connectivity index (χ3n) is 3.59. The smallest absolute Gasteiger partial charge is 0.319 e. The number of hydrogen-bond acceptors (Lipinski definition) is 4. The molecular formula is C20H23NO3S. The Balaban J connectivity index is 1.84. The SMILES string of the molecule is CC(C)c1ccccc1NC(=O)COC(=O)[C@@H](C)Sc1ccccc1. The summed E-state index contributed by atoms with van der Waals surface area (Å²) >= 11 is 1.41. The van der Waals surface area contributed by atoms with E-state index in [0.717, 1.165) is 16.1 Å². The summed E-state index contributed by atoms with van der Waals surface area (Å²) in [5.74, 6) is -0.444. The van der Waals surface area contributed by atoms with Crippen LogP contribution < -0.4 is 5.32 Å². The minimum Gasteiger partial charge on any atom is -0.455 e. The molecule has 2 rings (SSSR count). The first-order valence-corrected chi connectivity index (χ1v) is 9.12. The minimum absolute atomic E-state index is 0.287. The maximum absolute atomic E-state index is 12.1. The largest absolute Gasteiger partial charge is 0.455 e. The average molecular weight is 357 g/mol. The normalized spacial score (nSPS) is 11.8. The molecule has 0 aromatic heterocycles. The molecule has 0 saturated heterocycles. The summed E-state index contributed by atoms with van der Waals surface area (Å²) in [5.41, 5.74) is 1.81. The number of carbonyl (C=O) groups excluding carboxylic acids is 2. The zero-order valence-electron chi connectivity index (χ0n) is 14.7. The molecule has 0 aliphatic heterocycles. The van der Waals surface area contributed by atoms with Crippen LogP contribution in [0.15, 0.2) is 59.5 Å². The van der Waals surface area contributed by atoms with Crippen LogP contribution in [0.3, 0.4) is 0 Å². The molecule has 5 heteroatoms. The van der Waals surface area contributed by atoms with Gasteiger partial charge in [0.15, 0.2) is 6.61 Å². The van der Waals surface area contributed by atoms with E-state index >= 15 is 0 Å². The summed E-state index contributed by atoms with van der Waals surface area (Å²) in [6, 6.07) is 17.3. The molecule has 25 heavy (non-hydrogen) atoms. The van der Waals surface area contributed by atoms with Gasteiger partial charge in [0.2, 0.25) is 0 Å². The molecule has 1 N–H and O–H groups in total. The van der Waals surface area contributed by atoms with E-state index in [1.165, 1.54) is 11.8 Å². The molecule has 0 bridgehead atoms. The second kappa shape index (κ2) is 9.28. The Hall–Kier alpha value is -2.27. The van der Waals surface area contributed by atoms with Crippen molar-refractivity contribution >= 4 is 29.3 Å². The van der Waals surface area contributed by atoms with E-state index in [-0.39, 0.29) is 17.8 Å². The van der Waals surface area contributed by atoms with E-state index in [1.807, 2.05) is 54.6 Å². The zero-order valence-corrected chi connectivity index (χ0v) is 15.5. The molecule has 1 atom stereocenters. The van der Waals surface area contributed by atoms with Crippen molar-refractivity contribution in [2.45, 2.75) is 36.8 Å². The summed E-state index contributed by atoms with van der Waals surface area (Å²) < 4.78 is 5.14. The van der Waals surface area contributed by atoms with Gasteiger partial charge in [-0.3, -0.25) is 9.59 Å². The molecule has 4 nitrogen and oxygen atoms in total. The lowest BCUT2D eigenvalue weighted by atomic mass is 10.0. The Morgan fingerprint density at radius 2 is 1.64 bits per heavy atom. The summed E-state index contributed by atoms with van der Waals surface area (Å²) in [6.07, 6.45) is 0. The van der Waals surface area contributed by atoms with Gasteiger partial charge in [-0.1, -0.05) is 50.2 Å². The first-order valence-electron chi connectivity index (χ1n) is 8.24. The van der Waals surface area contributed by atoms with Crippen LogP contribution in [0.5, 0.6) is 0 Å². The van der Waals surface area contributed by atoms with Crippen LogP contribution in [-0.4, -0.2) is 23.7 Å². The van der Waals surface area contributed by atoms with Crippen molar-refractivity contribution < 1.29 is 14.3 Å². The highest BCUT2D eigenvalue weighted by atomic mass is 32.2. The third-order valence-corrected chi connectivity index (χ3v) is 4.68. The number of rotatable bonds is 7. The van der Waals surface area contributed by atoms with E-state index in [9.17, 15) is 9.59 Å². The second-order valence-electron chi connectivity index (χ2n) is 5.97. The Morgan fingerprint density at radius 1 is 1.00 bits per heavy atom. The molecule has 0 heterocycles. The highest BCUT2D eigenvalue weighted by molar-refractivity contribution is 8.00. The average Bonchev–Trinajstić information content (AvgIpc) is 2.60. The highest BCUT2D eigenvalue weighted by Gasteiger charge is 2.18. The van der Waals surface area contributed by atoms with Gasteiger partial charge in [-0.2, -0.15) is 0 Å². The predicted octanol–water partition coefficient (Wildman–Crippen LogP) is 4.47. The Kier molecular flexibility index (Phi) is 7.07. The fourth-order valence-electron chi connectivity index (χ4n) is 2.31. The van der Waals surface area contributed by atoms with Gasteiger partial charge in [0.05, 0.1) is 0 Å². The van der Waals surface area contributed by atoms with Crippen molar-refractivity contribution in [3.05, 3.63) is 60.2 Å². The fraction of sp³-hybridized carbons (Fsp3) is 0.300. The monoisotopic (exact) mass is 357 g/mol. The first kappa shape index (κ1) is 19.1. The van der Waals surface area contributed by atoms with E-state index in [1.54, 1.807) is 6.92 Å². The molecule has 0 saturated carbocycles. The summed E-state index contributed by atoms with van der Waals surface area (Å²) in [7, 11) is 0. The molecule has 0 spiro atoms. The maximum atomic E-state index is 12.1. The molecule has 0 fully saturated rings. The Morgan fingerprint density at radius 3 is 2.32 bits per heavy atom. The van der Waals surface area contributed by atoms with Crippen LogP contribution >= 0.6 is 11.8 Å². The number of carbonyl (C=O) groups is 2. The number of para-hydroxylation sites is 1. The van der Waals surface area contributed by atoms with Gasteiger partial charge in [-0.15, -0.1) is 11.8 Å². The topological polar surface area (TPSA) is 55.4 Å². The lowest BCUT2D eigenvalue weighted by molar-refractivity contribution is -0.146. The quantitative estimate of drug-likeness (QED) is 0.587. The molecule has 0 radical (unpaired) electrons. The van der Waals surface area contributed by atoms with E-state index in [4.69, 9.17) is 4.74 Å². The van der Waals surface area contributed by atoms with Gasteiger partial charge in [0.1, 0.15) is 5.25 Å². The van der Waals surface area contributed by atoms with Crippen LogP contribution in [-0.2, 0) is 14.3 Å². The van der Waals surface area contributed by atoms with Crippen LogP contribution in [0.2, 0.25) is 0 Å². The number of hydrogen-bond donors (Lipinski definition) is 1. The van der Waals surface area contributed by atoms with E-state index < -0.39 is 5.97 Å². The standard InChI is InChI=1S/C20H23NO3S/c1-14(2)17-11-7-8-12-18(17)21-19(22)13-24-20(23)15(3)25-16-9-5-4-6-10-16/h4-12,14-15H,13H2,1-3H3,(H,21,22)/t15-/m1/s1. The van der Waals surface area contributed by atoms with E-state index in [0.29, 0.717) is 5.92 Å². The number of ether oxygens (including phenoxy) is 1. The second-order valence-corrected chi connectivity index (χ2v) is 7.39. The number of anilines is 1. The molecule has 0 aliphatic carbocycles. The first-order chi connectivity index (χ1) is 12.0. The Labute approximate surface area is 153 Å². The van der Waals surface area contributed by atoms with Crippen molar-refractivity contribution in [2.24, 2.45) is 0 Å². The molecule has 1 amide bonds. The summed E-state index contributed by atoms with van der Waals surface area (Å²) in [4.78, 5) is 25.1. The fourth-order valence-corrected chi connectivity index (χ4v) is 3.19. The van der Waals surface area contributed by atoms with Gasteiger partial charge in [-0.05, 0) is 36.6 Å². The van der Waals surface area contributed by atoms with Crippen LogP contribution in [0.1, 0.15) is 32.3 Å². The molecule has 0 unspecified atom stereocenters. The molecular weight excluding hydrogens is 334 g/mol. The van der Waals surface area contributed by atoms with Crippen molar-refractivity contribution in [3.63, 3.8) is 0 Å². The van der Waals surface area contributed by atoms with Gasteiger partial charge < -0.3 is 10.1 Å². The number of amides is 1. The van der Waals surface area contributed by atoms with Crippen LogP contribution in [0.25, 0.3) is 0 Å². The number of nitrogens with one attached hydrogen (secondary N) is 1. The number of esters is 1. The van der Waals surface area contributed by atoms with Crippen molar-refractivity contribution in [3.8, 4) is 0 Å². The minimum atomic E-state index is -0.402. The zero-order chi connectivity index (χ0) is 18.2. The van der Waals surface area contributed by atoms with Gasteiger partial charge in [0, 0.05) is 10.6 Å². The molecule has 132 valence electrons. The maximum Gasteiger partial charge on any atom is 0.319 e. The lowest BCUT2D eigenvalue weighted by Crippen LogP contribution is -2.25. The van der Waals surface area contributed by atoms with Crippen molar-refractivity contribution in [1.29, 1.82) is 0 Å². The molecule has 2 aromatic rings. The Bertz CT molecular complexity index is 716. The molecule has 0 aliphatic rings. The predicted molar refractivity (Wildman–Crippen MR) is 102 cm³/mol.